The third-order valence-electron chi connectivity index (χ3n) is 7.39. The van der Waals surface area contributed by atoms with Crippen LogP contribution in [0.5, 0.6) is 0 Å². The third-order valence-corrected chi connectivity index (χ3v) is 7.73. The Morgan fingerprint density at radius 2 is 1.79 bits per heavy atom. The Balaban J connectivity index is 1.48. The van der Waals surface area contributed by atoms with E-state index in [4.69, 9.17) is 4.74 Å². The Bertz CT molecular complexity index is 1620. The Labute approximate surface area is 247 Å². The average molecular weight is 654 g/mol. The van der Waals surface area contributed by atoms with Crippen molar-refractivity contribution in [2.24, 2.45) is 0 Å². The van der Waals surface area contributed by atoms with Gasteiger partial charge in [0, 0.05) is 37.8 Å². The van der Waals surface area contributed by atoms with Gasteiger partial charge in [0.15, 0.2) is 0 Å². The molecule has 1 N–H and O–H groups in total. The van der Waals surface area contributed by atoms with Crippen molar-refractivity contribution in [1.29, 1.82) is 0 Å². The fourth-order valence-electron chi connectivity index (χ4n) is 5.49. The number of halogens is 4. The quantitative estimate of drug-likeness (QED) is 0.435. The smallest absolute Gasteiger partial charge is 0.416 e. The molecule has 2 atom stereocenters. The van der Waals surface area contributed by atoms with E-state index in [1.165, 1.54) is 13.0 Å². The summed E-state index contributed by atoms with van der Waals surface area (Å²) >= 11 is 3.23. The minimum atomic E-state index is -4.50. The van der Waals surface area contributed by atoms with Gasteiger partial charge in [-0.2, -0.15) is 22.7 Å². The standard InChI is InChI=1S/C27H31BrF3N7O4/c1-14-12-16(27(29,30)31)6-7-17(14)32-21(39)18-13-15(2)19-20(22(40)38-24(37(18)19)33-23(28)34-38)35-8-10-36(11-9-35)25(41)42-26(3,4)5/h6-7,12,15,18H,8-11,13H2,1-5H3,(H,32,39)/t15-,18+/m1/s1. The van der Waals surface area contributed by atoms with Crippen LogP contribution in [0.4, 0.5) is 29.3 Å². The molecule has 226 valence electrons. The highest BCUT2D eigenvalue weighted by atomic mass is 79.9. The number of carbonyl (C=O) groups is 2. The average Bonchev–Trinajstić information content (AvgIpc) is 3.44. The van der Waals surface area contributed by atoms with Crippen LogP contribution in [-0.4, -0.2) is 67.8 Å². The number of hydrogen-bond donors (Lipinski definition) is 1. The lowest BCUT2D eigenvalue weighted by Gasteiger charge is -2.37. The first-order valence-corrected chi connectivity index (χ1v) is 14.3. The number of piperazine rings is 1. The number of nitrogens with one attached hydrogen (secondary N) is 1. The topological polar surface area (TPSA) is 114 Å². The van der Waals surface area contributed by atoms with E-state index in [1.54, 1.807) is 30.2 Å². The van der Waals surface area contributed by atoms with Crippen molar-refractivity contribution in [3.63, 3.8) is 0 Å². The molecule has 0 saturated carbocycles. The zero-order valence-corrected chi connectivity index (χ0v) is 25.3. The molecule has 1 fully saturated rings. The van der Waals surface area contributed by atoms with Gasteiger partial charge in [0.05, 0.1) is 11.3 Å². The fraction of sp³-hybridized carbons (Fsp3) is 0.519. The first-order chi connectivity index (χ1) is 19.5. The van der Waals surface area contributed by atoms with Gasteiger partial charge in [-0.25, -0.2) is 4.79 Å². The SMILES string of the molecule is Cc1cc(C(F)(F)F)ccc1NC(=O)[C@@H]1C[C@@H](C)c2c(N3CCN(C(=O)OC(C)(C)C)CC3)c(=O)n3nc(Br)nc3n21. The number of rotatable bonds is 3. The summed E-state index contributed by atoms with van der Waals surface area (Å²) in [7, 11) is 0. The highest BCUT2D eigenvalue weighted by Gasteiger charge is 2.40. The fourth-order valence-corrected chi connectivity index (χ4v) is 5.81. The monoisotopic (exact) mass is 653 g/mol. The number of ether oxygens (including phenoxy) is 1. The van der Waals surface area contributed by atoms with E-state index in [-0.39, 0.29) is 27.7 Å². The van der Waals surface area contributed by atoms with E-state index in [1.807, 2.05) is 11.8 Å². The van der Waals surface area contributed by atoms with Crippen LogP contribution in [0, 0.1) is 6.92 Å². The Hall–Kier alpha value is -3.62. The number of alkyl halides is 3. The second kappa shape index (κ2) is 10.6. The number of benzene rings is 1. The molecule has 2 aromatic heterocycles. The maximum Gasteiger partial charge on any atom is 0.416 e. The number of aromatic nitrogens is 4. The van der Waals surface area contributed by atoms with Crippen LogP contribution in [0.1, 0.15) is 62.9 Å². The number of fused-ring (bicyclic) bond motifs is 3. The van der Waals surface area contributed by atoms with Gasteiger partial charge < -0.3 is 19.9 Å². The second-order valence-corrected chi connectivity index (χ2v) is 12.3. The number of carbonyl (C=O) groups excluding carboxylic acids is 2. The molecule has 0 bridgehead atoms. The predicted molar refractivity (Wildman–Crippen MR) is 152 cm³/mol. The first kappa shape index (κ1) is 29.9. The highest BCUT2D eigenvalue weighted by molar-refractivity contribution is 9.10. The van der Waals surface area contributed by atoms with Gasteiger partial charge in [0.2, 0.25) is 16.4 Å². The first-order valence-electron chi connectivity index (χ1n) is 13.5. The summed E-state index contributed by atoms with van der Waals surface area (Å²) in [5.74, 6) is -0.512. The lowest BCUT2D eigenvalue weighted by atomic mass is 10.0. The minimum absolute atomic E-state index is 0.165. The normalized spacial score (nSPS) is 19.3. The summed E-state index contributed by atoms with van der Waals surface area (Å²) < 4.78 is 47.9. The number of hydrogen-bond acceptors (Lipinski definition) is 7. The highest BCUT2D eigenvalue weighted by Crippen LogP contribution is 2.42. The molecule has 3 aromatic rings. The predicted octanol–water partition coefficient (Wildman–Crippen LogP) is 4.72. The molecular weight excluding hydrogens is 623 g/mol. The molecule has 2 aliphatic heterocycles. The molecule has 1 saturated heterocycles. The molecule has 15 heteroatoms. The molecule has 2 amide bonds. The van der Waals surface area contributed by atoms with Gasteiger partial charge in [-0.3, -0.25) is 14.2 Å². The summed E-state index contributed by atoms with van der Waals surface area (Å²) in [5, 5.41) is 6.99. The molecule has 1 aromatic carbocycles. The van der Waals surface area contributed by atoms with Gasteiger partial charge in [0.1, 0.15) is 17.3 Å². The molecular formula is C27H31BrF3N7O4. The van der Waals surface area contributed by atoms with Crippen molar-refractivity contribution >= 4 is 45.1 Å². The van der Waals surface area contributed by atoms with E-state index in [0.717, 1.165) is 16.6 Å². The van der Waals surface area contributed by atoms with Crippen molar-refractivity contribution in [3.05, 3.63) is 50.1 Å². The van der Waals surface area contributed by atoms with Crippen LogP contribution < -0.4 is 15.8 Å². The van der Waals surface area contributed by atoms with Crippen LogP contribution >= 0.6 is 15.9 Å². The summed E-state index contributed by atoms with van der Waals surface area (Å²) in [6.45, 7) is 10.2. The summed E-state index contributed by atoms with van der Waals surface area (Å²) in [6, 6.07) is 2.34. The molecule has 4 heterocycles. The Kier molecular flexibility index (Phi) is 7.52. The van der Waals surface area contributed by atoms with Crippen LogP contribution in [0.3, 0.4) is 0 Å². The van der Waals surface area contributed by atoms with Crippen LogP contribution in [0.2, 0.25) is 0 Å². The van der Waals surface area contributed by atoms with E-state index >= 15 is 0 Å². The van der Waals surface area contributed by atoms with E-state index in [2.05, 4.69) is 31.3 Å². The number of nitrogens with zero attached hydrogens (tertiary/aromatic N) is 6. The second-order valence-electron chi connectivity index (χ2n) is 11.6. The molecule has 0 aliphatic carbocycles. The molecule has 2 aliphatic rings. The van der Waals surface area contributed by atoms with Crippen LogP contribution in [0.15, 0.2) is 27.7 Å². The molecule has 5 rings (SSSR count). The van der Waals surface area contributed by atoms with Gasteiger partial charge in [-0.05, 0) is 73.8 Å². The van der Waals surface area contributed by atoms with Gasteiger partial charge in [-0.1, -0.05) is 6.92 Å². The summed E-state index contributed by atoms with van der Waals surface area (Å²) in [4.78, 5) is 47.8. The Morgan fingerprint density at radius 1 is 1.12 bits per heavy atom. The zero-order valence-electron chi connectivity index (χ0n) is 23.8. The van der Waals surface area contributed by atoms with E-state index < -0.39 is 40.9 Å². The lowest BCUT2D eigenvalue weighted by Crippen LogP contribution is -2.51. The molecule has 42 heavy (non-hydrogen) atoms. The largest absolute Gasteiger partial charge is 0.444 e. The van der Waals surface area contributed by atoms with Gasteiger partial charge in [-0.15, -0.1) is 5.10 Å². The van der Waals surface area contributed by atoms with Crippen molar-refractivity contribution in [2.45, 2.75) is 64.8 Å². The van der Waals surface area contributed by atoms with Gasteiger partial charge in [0.25, 0.3) is 5.56 Å². The summed E-state index contributed by atoms with van der Waals surface area (Å²) in [5.41, 5.74) is -0.327. The lowest BCUT2D eigenvalue weighted by molar-refractivity contribution is -0.137. The number of anilines is 2. The van der Waals surface area contributed by atoms with E-state index in [0.29, 0.717) is 44.0 Å². The van der Waals surface area contributed by atoms with Crippen LogP contribution in [0.25, 0.3) is 5.78 Å². The number of aryl methyl sites for hydroxylation is 1. The molecule has 0 unspecified atom stereocenters. The van der Waals surface area contributed by atoms with Gasteiger partial charge >= 0.3 is 12.3 Å². The van der Waals surface area contributed by atoms with Crippen molar-refractivity contribution < 1.29 is 27.5 Å². The molecule has 0 radical (unpaired) electrons. The maximum absolute atomic E-state index is 13.8. The minimum Gasteiger partial charge on any atom is -0.444 e. The zero-order chi connectivity index (χ0) is 30.7. The third kappa shape index (κ3) is 5.57. The van der Waals surface area contributed by atoms with Crippen molar-refractivity contribution in [2.75, 3.05) is 36.4 Å². The summed E-state index contributed by atoms with van der Waals surface area (Å²) in [6.07, 6.45) is -4.59. The van der Waals surface area contributed by atoms with Crippen molar-refractivity contribution in [3.8, 4) is 0 Å². The molecule has 0 spiro atoms. The number of amides is 2. The van der Waals surface area contributed by atoms with Crippen molar-refractivity contribution in [1.82, 2.24) is 24.1 Å². The molecule has 11 nitrogen and oxygen atoms in total. The van der Waals surface area contributed by atoms with E-state index in [9.17, 15) is 27.6 Å². The Morgan fingerprint density at radius 3 is 2.38 bits per heavy atom. The van der Waals surface area contributed by atoms with Crippen LogP contribution in [-0.2, 0) is 15.7 Å². The maximum atomic E-state index is 13.8.